The lowest BCUT2D eigenvalue weighted by atomic mass is 9.79. The van der Waals surface area contributed by atoms with E-state index in [4.69, 9.17) is 9.47 Å². The summed E-state index contributed by atoms with van der Waals surface area (Å²) in [5, 5.41) is 26.4. The van der Waals surface area contributed by atoms with Crippen molar-refractivity contribution in [3.8, 4) is 0 Å². The quantitative estimate of drug-likeness (QED) is 0.0680. The van der Waals surface area contributed by atoms with Gasteiger partial charge in [-0.15, -0.1) is 0 Å². The van der Waals surface area contributed by atoms with E-state index in [9.17, 15) is 34.0 Å². The van der Waals surface area contributed by atoms with E-state index in [2.05, 4.69) is 26.6 Å². The Morgan fingerprint density at radius 2 is 1.43 bits per heavy atom. The summed E-state index contributed by atoms with van der Waals surface area (Å²) in [5.41, 5.74) is -0.543. The minimum Gasteiger partial charge on any atom is -0.445 e. The van der Waals surface area contributed by atoms with Crippen LogP contribution in [0, 0.1) is 17.8 Å². The molecular weight excluding hydrogens is 898 g/mol. The Balaban J connectivity index is 1.52. The third-order valence-corrected chi connectivity index (χ3v) is 12.6. The summed E-state index contributed by atoms with van der Waals surface area (Å²) in [7, 11) is 0. The number of hydroxylamine groups is 2. The van der Waals surface area contributed by atoms with Gasteiger partial charge in [-0.05, 0) is 129 Å². The number of amides is 6. The highest BCUT2D eigenvalue weighted by Crippen LogP contribution is 2.37. The zero-order valence-electron chi connectivity index (χ0n) is 43.2. The molecule has 16 nitrogen and oxygen atoms in total. The number of hydrogen-bond acceptors (Lipinski definition) is 10. The highest BCUT2D eigenvalue weighted by atomic mass is 19.1. The molecule has 5 atom stereocenters. The maximum Gasteiger partial charge on any atom is 0.408 e. The number of hydrogen-bond donors (Lipinski definition) is 6. The molecule has 2 aromatic rings. The number of ether oxygens (including phenoxy) is 2. The lowest BCUT2D eigenvalue weighted by molar-refractivity contribution is -0.246. The van der Waals surface area contributed by atoms with Crippen molar-refractivity contribution < 1.29 is 47.8 Å². The van der Waals surface area contributed by atoms with Gasteiger partial charge in [0.2, 0.25) is 23.6 Å². The Morgan fingerprint density at radius 1 is 0.829 bits per heavy atom. The summed E-state index contributed by atoms with van der Waals surface area (Å²) in [5.74, 6) is -4.32. The number of nitrogens with zero attached hydrogens (tertiary/aromatic N) is 2. The number of alkyl carbamates (subject to hydrolysis) is 2. The first-order valence-electron chi connectivity index (χ1n) is 24.8. The van der Waals surface area contributed by atoms with E-state index in [-0.39, 0.29) is 57.3 Å². The first kappa shape index (κ1) is 57.0. The lowest BCUT2D eigenvalue weighted by Crippen LogP contribution is -2.64. The Kier molecular flexibility index (Phi) is 20.8. The Bertz CT molecular complexity index is 2080. The molecule has 2 fully saturated rings. The number of benzene rings is 2. The fraction of sp³-hybridized carbons (Fsp3) is 0.623. The largest absolute Gasteiger partial charge is 0.445 e. The predicted molar refractivity (Wildman–Crippen MR) is 266 cm³/mol. The smallest absolute Gasteiger partial charge is 0.408 e. The topological polar surface area (TPSA) is 208 Å². The van der Waals surface area contributed by atoms with Crippen LogP contribution in [0.15, 0.2) is 72.6 Å². The van der Waals surface area contributed by atoms with Gasteiger partial charge in [0.1, 0.15) is 36.2 Å². The van der Waals surface area contributed by atoms with Gasteiger partial charge in [-0.3, -0.25) is 19.2 Å². The van der Waals surface area contributed by atoms with Gasteiger partial charge in [-0.1, -0.05) is 88.4 Å². The average Bonchev–Trinajstić information content (AvgIpc) is 3.77. The molecule has 2 heterocycles. The highest BCUT2D eigenvalue weighted by Gasteiger charge is 2.46. The van der Waals surface area contributed by atoms with Crippen LogP contribution in [0.3, 0.4) is 0 Å². The minimum absolute atomic E-state index is 0.0204. The van der Waals surface area contributed by atoms with Gasteiger partial charge < -0.3 is 46.2 Å². The van der Waals surface area contributed by atoms with Crippen molar-refractivity contribution in [2.24, 2.45) is 17.8 Å². The van der Waals surface area contributed by atoms with Gasteiger partial charge >= 0.3 is 12.2 Å². The normalized spacial score (nSPS) is 19.1. The Hall–Kier alpha value is -5.55. The second-order valence-corrected chi connectivity index (χ2v) is 21.8. The molecule has 17 heteroatoms. The van der Waals surface area contributed by atoms with E-state index >= 15 is 4.39 Å². The maximum atomic E-state index is 16.5. The van der Waals surface area contributed by atoms with Crippen LogP contribution >= 0.6 is 0 Å². The molecule has 0 saturated carbocycles. The van der Waals surface area contributed by atoms with Crippen LogP contribution in [0.4, 0.5) is 14.0 Å². The molecule has 0 aliphatic carbocycles. The molecule has 0 bridgehead atoms. The molecule has 0 radical (unpaired) electrons. The fourth-order valence-corrected chi connectivity index (χ4v) is 9.33. The second kappa shape index (κ2) is 25.5. The van der Waals surface area contributed by atoms with Crippen molar-refractivity contribution in [1.29, 1.82) is 0 Å². The van der Waals surface area contributed by atoms with Crippen LogP contribution in [-0.4, -0.2) is 111 Å². The average molecular weight is 978 g/mol. The third-order valence-electron chi connectivity index (χ3n) is 12.6. The molecular formula is C53H80FN7O9. The standard InChI is InChI=1S/C53H80FN7O9/c1-34(2)28-42(58-50(67)70-51(5,6)7)40(54)30-38(29-36-20-14-12-15-21-36)48(65)60-27-19-25-43(60)46(63)59-44(35(3)4)47(64)57-41(24-18-26-55-49(66)69-33-37-22-16-13-17-23-37)45(62)56-39-31-52(8,9)61(68)53(10,11)32-39/h12-17,20-23,30,34-35,38-39,41-44,68H,18-19,24-29,31-33H2,1-11H3,(H,55,66)(H,56,62)(H,57,64)(H,58,67)(H,59,63)/b40-30-/t38-,41-,42-,43-,44-/m0/s1. The van der Waals surface area contributed by atoms with Crippen LogP contribution in [0.25, 0.3) is 0 Å². The van der Waals surface area contributed by atoms with E-state index in [1.165, 1.54) is 16.0 Å². The van der Waals surface area contributed by atoms with Crippen molar-refractivity contribution in [2.45, 2.75) is 181 Å². The zero-order valence-corrected chi connectivity index (χ0v) is 43.2. The molecule has 2 saturated heterocycles. The van der Waals surface area contributed by atoms with Crippen LogP contribution in [0.5, 0.6) is 0 Å². The molecule has 0 unspecified atom stereocenters. The van der Waals surface area contributed by atoms with Crippen LogP contribution in [0.2, 0.25) is 0 Å². The highest BCUT2D eigenvalue weighted by molar-refractivity contribution is 5.95. The summed E-state index contributed by atoms with van der Waals surface area (Å²) in [6.45, 7) is 20.4. The molecule has 2 aliphatic rings. The summed E-state index contributed by atoms with van der Waals surface area (Å²) in [6.07, 6.45) is 2.26. The van der Waals surface area contributed by atoms with E-state index in [0.717, 1.165) is 11.1 Å². The summed E-state index contributed by atoms with van der Waals surface area (Å²) in [6, 6.07) is 13.8. The first-order valence-corrected chi connectivity index (χ1v) is 24.8. The van der Waals surface area contributed by atoms with Gasteiger partial charge in [0, 0.05) is 30.2 Å². The molecule has 70 heavy (non-hydrogen) atoms. The minimum atomic E-state index is -1.12. The summed E-state index contributed by atoms with van der Waals surface area (Å²) < 4.78 is 27.2. The SMILES string of the molecule is CC(C)C[C@H](NC(=O)OC(C)(C)C)/C(F)=C/[C@H](Cc1ccccc1)C(=O)N1CCC[C@H]1C(=O)N[C@H](C(=O)N[C@@H](CCCNC(=O)OCc1ccccc1)C(=O)NC1CC(C)(C)N(O)C(C)(C)C1)C(C)C. The number of nitrogens with one attached hydrogen (secondary N) is 5. The number of likely N-dealkylation sites (tertiary alicyclic amines) is 1. The van der Waals surface area contributed by atoms with E-state index < -0.39 is 94.3 Å². The van der Waals surface area contributed by atoms with Crippen LogP contribution in [-0.2, 0) is 41.7 Å². The zero-order chi connectivity index (χ0) is 52.0. The van der Waals surface area contributed by atoms with Crippen molar-refractivity contribution >= 4 is 35.8 Å². The van der Waals surface area contributed by atoms with Gasteiger partial charge in [-0.2, -0.15) is 5.06 Å². The molecule has 0 aromatic heterocycles. The Labute approximate surface area is 414 Å². The predicted octanol–water partition coefficient (Wildman–Crippen LogP) is 7.49. The van der Waals surface area contributed by atoms with Crippen LogP contribution < -0.4 is 26.6 Å². The fourth-order valence-electron chi connectivity index (χ4n) is 9.33. The maximum absolute atomic E-state index is 16.5. The Morgan fingerprint density at radius 3 is 2.00 bits per heavy atom. The summed E-state index contributed by atoms with van der Waals surface area (Å²) in [4.78, 5) is 84.1. The van der Waals surface area contributed by atoms with Gasteiger partial charge in [0.15, 0.2) is 0 Å². The third kappa shape index (κ3) is 17.7. The summed E-state index contributed by atoms with van der Waals surface area (Å²) >= 11 is 0. The second-order valence-electron chi connectivity index (χ2n) is 21.8. The number of rotatable bonds is 21. The number of piperidine rings is 1. The van der Waals surface area contributed by atoms with Crippen molar-refractivity contribution in [2.75, 3.05) is 13.1 Å². The molecule has 4 rings (SSSR count). The number of carbonyl (C=O) groups is 6. The molecule has 6 N–H and O–H groups in total. The molecule has 6 amide bonds. The molecule has 388 valence electrons. The molecule has 2 aliphatic heterocycles. The van der Waals surface area contributed by atoms with E-state index in [1.807, 2.05) is 102 Å². The monoisotopic (exact) mass is 978 g/mol. The molecule has 2 aromatic carbocycles. The van der Waals surface area contributed by atoms with Gasteiger partial charge in [-0.25, -0.2) is 14.0 Å². The van der Waals surface area contributed by atoms with Crippen molar-refractivity contribution in [1.82, 2.24) is 36.5 Å². The number of halogens is 1. The van der Waals surface area contributed by atoms with Gasteiger partial charge in [0.05, 0.1) is 12.0 Å². The first-order chi connectivity index (χ1) is 32.8. The van der Waals surface area contributed by atoms with Crippen LogP contribution in [0.1, 0.15) is 132 Å². The number of carbonyl (C=O) groups excluding carboxylic acids is 6. The van der Waals surface area contributed by atoms with Gasteiger partial charge in [0.25, 0.3) is 0 Å². The van der Waals surface area contributed by atoms with E-state index in [1.54, 1.807) is 34.6 Å². The molecule has 0 spiro atoms. The van der Waals surface area contributed by atoms with Crippen molar-refractivity contribution in [3.05, 3.63) is 83.7 Å². The lowest BCUT2D eigenvalue weighted by Gasteiger charge is -2.51. The van der Waals surface area contributed by atoms with Crippen molar-refractivity contribution in [3.63, 3.8) is 0 Å². The van der Waals surface area contributed by atoms with E-state index in [0.29, 0.717) is 25.7 Å².